The molecule has 78 valence electrons. The van der Waals surface area contributed by atoms with Crippen molar-refractivity contribution in [3.63, 3.8) is 0 Å². The molecule has 0 aromatic rings. The summed E-state index contributed by atoms with van der Waals surface area (Å²) in [7, 11) is 0. The van der Waals surface area contributed by atoms with Gasteiger partial charge in [-0.25, -0.2) is 0 Å². The third-order valence-electron chi connectivity index (χ3n) is 2.76. The molecular formula is C10H12Cl2OS. The summed E-state index contributed by atoms with van der Waals surface area (Å²) < 4.78 is -0.971. The minimum absolute atomic E-state index is 0.279. The van der Waals surface area contributed by atoms with Crippen LogP contribution in [0.4, 0.5) is 0 Å². The quantitative estimate of drug-likeness (QED) is 0.596. The van der Waals surface area contributed by atoms with Crippen LogP contribution in [0.25, 0.3) is 0 Å². The molecule has 14 heavy (non-hydrogen) atoms. The number of thioether (sulfide) groups is 1. The molecule has 1 N–H and O–H groups in total. The van der Waals surface area contributed by atoms with Gasteiger partial charge in [-0.1, -0.05) is 37.6 Å². The van der Waals surface area contributed by atoms with E-state index in [9.17, 15) is 5.11 Å². The molecule has 1 fully saturated rings. The normalized spacial score (nSPS) is 40.4. The molecule has 1 aliphatic carbocycles. The van der Waals surface area contributed by atoms with Crippen LogP contribution in [0.3, 0.4) is 0 Å². The predicted molar refractivity (Wildman–Crippen MR) is 63.3 cm³/mol. The highest BCUT2D eigenvalue weighted by atomic mass is 35.5. The smallest absolute Gasteiger partial charge is 0.167 e. The largest absolute Gasteiger partial charge is 0.509 e. The Bertz CT molecular complexity index is 337. The number of rotatable bonds is 2. The molecule has 0 amide bonds. The van der Waals surface area contributed by atoms with E-state index in [1.54, 1.807) is 0 Å². The highest BCUT2D eigenvalue weighted by Gasteiger charge is 2.71. The lowest BCUT2D eigenvalue weighted by molar-refractivity contribution is 0.370. The van der Waals surface area contributed by atoms with Crippen molar-refractivity contribution in [1.29, 1.82) is 0 Å². The minimum Gasteiger partial charge on any atom is -0.509 e. The van der Waals surface area contributed by atoms with Gasteiger partial charge >= 0.3 is 0 Å². The number of fused-ring (bicyclic) bond motifs is 1. The van der Waals surface area contributed by atoms with Crippen molar-refractivity contribution < 1.29 is 5.11 Å². The molecule has 0 aromatic carbocycles. The number of alkyl halides is 2. The molecule has 1 aliphatic heterocycles. The third-order valence-corrected chi connectivity index (χ3v) is 5.78. The molecule has 0 aromatic heterocycles. The van der Waals surface area contributed by atoms with E-state index in [4.69, 9.17) is 23.2 Å². The summed E-state index contributed by atoms with van der Waals surface area (Å²) in [5, 5.41) is 10.0. The van der Waals surface area contributed by atoms with Crippen LogP contribution in [0, 0.1) is 5.92 Å². The van der Waals surface area contributed by atoms with Crippen molar-refractivity contribution in [2.75, 3.05) is 5.88 Å². The van der Waals surface area contributed by atoms with Crippen molar-refractivity contribution in [3.05, 3.63) is 23.5 Å². The van der Waals surface area contributed by atoms with E-state index < -0.39 is 4.21 Å². The molecule has 0 spiro atoms. The lowest BCUT2D eigenvalue weighted by Gasteiger charge is -2.21. The van der Waals surface area contributed by atoms with E-state index in [-0.39, 0.29) is 10.7 Å². The molecule has 1 saturated heterocycles. The summed E-state index contributed by atoms with van der Waals surface area (Å²) in [6.45, 7) is 4.08. The molecule has 2 aliphatic rings. The van der Waals surface area contributed by atoms with Gasteiger partial charge in [0, 0.05) is 5.88 Å². The molecule has 0 bridgehead atoms. The first kappa shape index (κ1) is 10.7. The maximum Gasteiger partial charge on any atom is 0.167 e. The van der Waals surface area contributed by atoms with Gasteiger partial charge in [-0.15, -0.1) is 23.4 Å². The number of allylic oxidation sites excluding steroid dienone is 2. The fraction of sp³-hybridized carbons (Fsp3) is 0.600. The summed E-state index contributed by atoms with van der Waals surface area (Å²) >= 11 is 13.7. The fourth-order valence-corrected chi connectivity index (χ4v) is 4.07. The molecule has 2 unspecified atom stereocenters. The second-order valence-electron chi connectivity index (χ2n) is 4.01. The van der Waals surface area contributed by atoms with E-state index in [0.717, 1.165) is 5.57 Å². The van der Waals surface area contributed by atoms with Gasteiger partial charge in [0.05, 0.1) is 4.75 Å². The van der Waals surface area contributed by atoms with Crippen molar-refractivity contribution in [1.82, 2.24) is 0 Å². The lowest BCUT2D eigenvalue weighted by Crippen LogP contribution is -2.27. The van der Waals surface area contributed by atoms with Crippen LogP contribution in [0.15, 0.2) is 23.5 Å². The van der Waals surface area contributed by atoms with Gasteiger partial charge in [0.25, 0.3) is 0 Å². The first-order valence-corrected chi connectivity index (χ1v) is 6.27. The van der Waals surface area contributed by atoms with Crippen LogP contribution in [0.1, 0.15) is 13.8 Å². The Labute approximate surface area is 98.2 Å². The van der Waals surface area contributed by atoms with Crippen molar-refractivity contribution in [2.24, 2.45) is 5.92 Å². The van der Waals surface area contributed by atoms with Gasteiger partial charge in [0.1, 0.15) is 5.76 Å². The summed E-state index contributed by atoms with van der Waals surface area (Å²) in [5.74, 6) is 1.02. The molecule has 0 radical (unpaired) electrons. The Kier molecular flexibility index (Phi) is 2.37. The second kappa shape index (κ2) is 3.10. The Balaban J connectivity index is 2.40. The number of aliphatic hydroxyl groups excluding tert-OH is 1. The fourth-order valence-electron chi connectivity index (χ4n) is 1.73. The zero-order valence-electron chi connectivity index (χ0n) is 8.05. The first-order valence-electron chi connectivity index (χ1n) is 4.55. The van der Waals surface area contributed by atoms with Gasteiger partial charge in [0.15, 0.2) is 4.21 Å². The van der Waals surface area contributed by atoms with E-state index in [2.05, 4.69) is 0 Å². The van der Waals surface area contributed by atoms with Crippen LogP contribution in [-0.2, 0) is 0 Å². The second-order valence-corrected chi connectivity index (χ2v) is 6.62. The van der Waals surface area contributed by atoms with Crippen LogP contribution in [0.2, 0.25) is 0 Å². The van der Waals surface area contributed by atoms with Crippen molar-refractivity contribution >= 4 is 35.0 Å². The van der Waals surface area contributed by atoms with Crippen LogP contribution < -0.4 is 0 Å². The number of hydrogen-bond donors (Lipinski definition) is 1. The molecule has 2 atom stereocenters. The average molecular weight is 251 g/mol. The Morgan fingerprint density at radius 2 is 2.21 bits per heavy atom. The van der Waals surface area contributed by atoms with Gasteiger partial charge in [0.2, 0.25) is 0 Å². The van der Waals surface area contributed by atoms with Gasteiger partial charge in [-0.2, -0.15) is 0 Å². The predicted octanol–water partition coefficient (Wildman–Crippen LogP) is 3.68. The van der Waals surface area contributed by atoms with E-state index in [1.165, 1.54) is 11.8 Å². The number of aliphatic hydroxyl groups is 1. The zero-order valence-corrected chi connectivity index (χ0v) is 10.4. The SMILES string of the molecule is CC(C)C1=C(O)C2(Cl)SC2(CCl)C=C1. The zero-order chi connectivity index (χ0) is 10.6. The van der Waals surface area contributed by atoms with Crippen molar-refractivity contribution in [2.45, 2.75) is 22.8 Å². The average Bonchev–Trinajstić information content (AvgIpc) is 2.74. The molecule has 2 rings (SSSR count). The minimum atomic E-state index is -0.691. The lowest BCUT2D eigenvalue weighted by atomic mass is 9.90. The van der Waals surface area contributed by atoms with Gasteiger partial charge < -0.3 is 5.11 Å². The van der Waals surface area contributed by atoms with Crippen LogP contribution in [-0.4, -0.2) is 19.9 Å². The van der Waals surface area contributed by atoms with Crippen LogP contribution >= 0.6 is 35.0 Å². The molecule has 1 nitrogen and oxygen atoms in total. The maximum absolute atomic E-state index is 10.0. The van der Waals surface area contributed by atoms with E-state index in [0.29, 0.717) is 11.6 Å². The molecule has 4 heteroatoms. The standard InChI is InChI=1S/C10H12Cl2OS/c1-6(2)7-3-4-9(5-11)10(12,14-9)8(7)13/h3-4,6,13H,5H2,1-2H3. The van der Waals surface area contributed by atoms with E-state index in [1.807, 2.05) is 26.0 Å². The van der Waals surface area contributed by atoms with Gasteiger partial charge in [-0.05, 0) is 11.5 Å². The Morgan fingerprint density at radius 3 is 2.71 bits per heavy atom. The van der Waals surface area contributed by atoms with Crippen molar-refractivity contribution in [3.8, 4) is 0 Å². The topological polar surface area (TPSA) is 20.2 Å². The Morgan fingerprint density at radius 1 is 1.57 bits per heavy atom. The molecule has 0 saturated carbocycles. The summed E-state index contributed by atoms with van der Waals surface area (Å²) in [6.07, 6.45) is 3.97. The molecule has 1 heterocycles. The van der Waals surface area contributed by atoms with Crippen LogP contribution in [0.5, 0.6) is 0 Å². The maximum atomic E-state index is 10.0. The number of hydrogen-bond acceptors (Lipinski definition) is 2. The first-order chi connectivity index (χ1) is 6.47. The monoisotopic (exact) mass is 250 g/mol. The van der Waals surface area contributed by atoms with Gasteiger partial charge in [-0.3, -0.25) is 0 Å². The Hall–Kier alpha value is 0.210. The summed E-state index contributed by atoms with van der Waals surface area (Å²) in [6, 6.07) is 0. The van der Waals surface area contributed by atoms with E-state index >= 15 is 0 Å². The third kappa shape index (κ3) is 1.17. The molecular weight excluding hydrogens is 239 g/mol. The number of halogens is 2. The highest BCUT2D eigenvalue weighted by molar-refractivity contribution is 8.11. The summed E-state index contributed by atoms with van der Waals surface area (Å²) in [5.41, 5.74) is 0.922. The highest BCUT2D eigenvalue weighted by Crippen LogP contribution is 2.72. The summed E-state index contributed by atoms with van der Waals surface area (Å²) in [4.78, 5) is 0.